The van der Waals surface area contributed by atoms with Crippen molar-refractivity contribution in [3.8, 4) is 0 Å². The first kappa shape index (κ1) is 28.4. The molecule has 0 aromatic heterocycles. The van der Waals surface area contributed by atoms with Gasteiger partial charge in [-0.15, -0.1) is 0 Å². The van der Waals surface area contributed by atoms with Gasteiger partial charge in [0.15, 0.2) is 0 Å². The van der Waals surface area contributed by atoms with E-state index < -0.39 is 29.6 Å². The summed E-state index contributed by atoms with van der Waals surface area (Å²) >= 11 is 0. The molecule has 0 aliphatic rings. The first-order valence-corrected chi connectivity index (χ1v) is 11.5. The van der Waals surface area contributed by atoms with Gasteiger partial charge in [-0.1, -0.05) is 64.1 Å². The zero-order chi connectivity index (χ0) is 25.5. The standard InChI is InChI=1S/C26H41N3O4/c1-16(2)21(15-18(5)25(32)33)29(9)24(31)22(17(3)4)27-23(30)19(6)28-26(7,8)20-13-11-10-12-14-20/h10-17,19,21-22,28H,1-9H3,(H,27,30)(H,32,33)/b18-15+/t19-,21-,22+/m1/s1. The van der Waals surface area contributed by atoms with Crippen LogP contribution in [-0.2, 0) is 19.9 Å². The number of carboxylic acids is 1. The van der Waals surface area contributed by atoms with Gasteiger partial charge in [-0.3, -0.25) is 14.9 Å². The molecule has 0 saturated heterocycles. The molecular weight excluding hydrogens is 418 g/mol. The third-order valence-corrected chi connectivity index (χ3v) is 5.93. The van der Waals surface area contributed by atoms with Gasteiger partial charge in [0.05, 0.1) is 12.1 Å². The number of amides is 2. The molecule has 1 rings (SSSR count). The summed E-state index contributed by atoms with van der Waals surface area (Å²) in [6.45, 7) is 14.9. The first-order chi connectivity index (χ1) is 15.2. The van der Waals surface area contributed by atoms with Crippen molar-refractivity contribution in [2.24, 2.45) is 11.8 Å². The molecule has 2 amide bonds. The quantitative estimate of drug-likeness (QED) is 0.440. The summed E-state index contributed by atoms with van der Waals surface area (Å²) in [6, 6.07) is 8.21. The number of nitrogens with one attached hydrogen (secondary N) is 2. The summed E-state index contributed by atoms with van der Waals surface area (Å²) in [5.41, 5.74) is 0.800. The van der Waals surface area contributed by atoms with Gasteiger partial charge in [0.2, 0.25) is 11.8 Å². The van der Waals surface area contributed by atoms with Crippen LogP contribution >= 0.6 is 0 Å². The SMILES string of the molecule is C/C(=C\[C@H](C(C)C)N(C)C(=O)[C@@H](NC(=O)[C@@H](C)NC(C)(C)c1ccccc1)C(C)C)C(=O)O. The van der Waals surface area contributed by atoms with Gasteiger partial charge in [0.1, 0.15) is 6.04 Å². The molecule has 0 fully saturated rings. The Morgan fingerprint density at radius 1 is 1.00 bits per heavy atom. The van der Waals surface area contributed by atoms with Crippen LogP contribution < -0.4 is 10.6 Å². The highest BCUT2D eigenvalue weighted by atomic mass is 16.4. The van der Waals surface area contributed by atoms with Crippen molar-refractivity contribution >= 4 is 17.8 Å². The van der Waals surface area contributed by atoms with Gasteiger partial charge >= 0.3 is 5.97 Å². The van der Waals surface area contributed by atoms with Crippen molar-refractivity contribution in [1.29, 1.82) is 0 Å². The Morgan fingerprint density at radius 2 is 1.55 bits per heavy atom. The molecular formula is C26H41N3O4. The van der Waals surface area contributed by atoms with E-state index in [1.165, 1.54) is 11.8 Å². The highest BCUT2D eigenvalue weighted by Crippen LogP contribution is 2.21. The molecule has 7 nitrogen and oxygen atoms in total. The molecule has 1 aromatic carbocycles. The van der Waals surface area contributed by atoms with E-state index in [0.29, 0.717) is 0 Å². The third-order valence-electron chi connectivity index (χ3n) is 5.93. The van der Waals surface area contributed by atoms with Gasteiger partial charge in [0, 0.05) is 18.2 Å². The van der Waals surface area contributed by atoms with Crippen molar-refractivity contribution in [1.82, 2.24) is 15.5 Å². The van der Waals surface area contributed by atoms with Crippen molar-refractivity contribution in [2.75, 3.05) is 7.05 Å². The summed E-state index contributed by atoms with van der Waals surface area (Å²) in [4.78, 5) is 39.2. The second-order valence-electron chi connectivity index (χ2n) is 9.93. The molecule has 0 aliphatic carbocycles. The third kappa shape index (κ3) is 8.00. The number of likely N-dealkylation sites (N-methyl/N-ethyl adjacent to an activating group) is 1. The van der Waals surface area contributed by atoms with Crippen LogP contribution in [0.4, 0.5) is 0 Å². The molecule has 0 heterocycles. The van der Waals surface area contributed by atoms with Crippen molar-refractivity contribution in [3.05, 3.63) is 47.5 Å². The number of nitrogens with zero attached hydrogens (tertiary/aromatic N) is 1. The van der Waals surface area contributed by atoms with Crippen LogP contribution in [-0.4, -0.2) is 53.0 Å². The van der Waals surface area contributed by atoms with Crippen LogP contribution in [0.15, 0.2) is 42.0 Å². The Kier molecular flexibility index (Phi) is 10.3. The zero-order valence-corrected chi connectivity index (χ0v) is 21.5. The molecule has 0 aliphatic heterocycles. The van der Waals surface area contributed by atoms with Gasteiger partial charge < -0.3 is 15.3 Å². The van der Waals surface area contributed by atoms with Gasteiger partial charge in [-0.2, -0.15) is 0 Å². The fraction of sp³-hybridized carbons (Fsp3) is 0.577. The van der Waals surface area contributed by atoms with Gasteiger partial charge in [0.25, 0.3) is 0 Å². The summed E-state index contributed by atoms with van der Waals surface area (Å²) in [7, 11) is 1.65. The first-order valence-electron chi connectivity index (χ1n) is 11.5. The fourth-order valence-electron chi connectivity index (χ4n) is 3.78. The fourth-order valence-corrected chi connectivity index (χ4v) is 3.78. The average molecular weight is 460 g/mol. The van der Waals surface area contributed by atoms with E-state index in [4.69, 9.17) is 0 Å². The Labute approximate surface area is 198 Å². The van der Waals surface area contributed by atoms with Crippen molar-refractivity contribution < 1.29 is 19.5 Å². The number of benzene rings is 1. The Bertz CT molecular complexity index is 846. The van der Waals surface area contributed by atoms with E-state index >= 15 is 0 Å². The minimum Gasteiger partial charge on any atom is -0.478 e. The van der Waals surface area contributed by atoms with E-state index in [9.17, 15) is 19.5 Å². The van der Waals surface area contributed by atoms with E-state index in [0.717, 1.165) is 5.56 Å². The monoisotopic (exact) mass is 459 g/mol. The smallest absolute Gasteiger partial charge is 0.331 e. The maximum Gasteiger partial charge on any atom is 0.331 e. The second-order valence-corrected chi connectivity index (χ2v) is 9.93. The van der Waals surface area contributed by atoms with E-state index in [-0.39, 0.29) is 29.2 Å². The number of carbonyl (C=O) groups excluding carboxylic acids is 2. The molecule has 0 bridgehead atoms. The van der Waals surface area contributed by atoms with E-state index in [1.54, 1.807) is 20.0 Å². The number of hydrogen-bond acceptors (Lipinski definition) is 4. The Morgan fingerprint density at radius 3 is 2.00 bits per heavy atom. The minimum absolute atomic E-state index is 0.00373. The van der Waals surface area contributed by atoms with Crippen LogP contribution in [0, 0.1) is 11.8 Å². The lowest BCUT2D eigenvalue weighted by Gasteiger charge is -2.35. The van der Waals surface area contributed by atoms with E-state index in [2.05, 4.69) is 10.6 Å². The molecule has 3 atom stereocenters. The van der Waals surface area contributed by atoms with Crippen LogP contribution in [0.3, 0.4) is 0 Å². The molecule has 0 radical (unpaired) electrons. The molecule has 33 heavy (non-hydrogen) atoms. The lowest BCUT2D eigenvalue weighted by molar-refractivity contribution is -0.139. The summed E-state index contributed by atoms with van der Waals surface area (Å²) in [5.74, 6) is -1.67. The molecule has 1 aromatic rings. The largest absolute Gasteiger partial charge is 0.478 e. The molecule has 0 saturated carbocycles. The molecule has 3 N–H and O–H groups in total. The normalized spacial score (nSPS) is 15.2. The van der Waals surface area contributed by atoms with Crippen molar-refractivity contribution in [3.63, 3.8) is 0 Å². The van der Waals surface area contributed by atoms with E-state index in [1.807, 2.05) is 71.9 Å². The second kappa shape index (κ2) is 12.0. The predicted molar refractivity (Wildman–Crippen MR) is 132 cm³/mol. The summed E-state index contributed by atoms with van der Waals surface area (Å²) < 4.78 is 0. The number of hydrogen-bond donors (Lipinski definition) is 3. The van der Waals surface area contributed by atoms with Crippen LogP contribution in [0.25, 0.3) is 0 Å². The van der Waals surface area contributed by atoms with Crippen LogP contribution in [0.2, 0.25) is 0 Å². The lowest BCUT2D eigenvalue weighted by Crippen LogP contribution is -2.57. The average Bonchev–Trinajstić information content (AvgIpc) is 2.74. The Hall–Kier alpha value is -2.67. The number of carbonyl (C=O) groups is 3. The number of aliphatic carboxylic acids is 1. The van der Waals surface area contributed by atoms with Gasteiger partial charge in [-0.05, 0) is 45.1 Å². The number of rotatable bonds is 11. The maximum atomic E-state index is 13.4. The minimum atomic E-state index is -1.02. The highest BCUT2D eigenvalue weighted by molar-refractivity contribution is 5.90. The maximum absolute atomic E-state index is 13.4. The zero-order valence-electron chi connectivity index (χ0n) is 21.5. The lowest BCUT2D eigenvalue weighted by atomic mass is 9.93. The predicted octanol–water partition coefficient (Wildman–Crippen LogP) is 3.55. The molecule has 0 unspecified atom stereocenters. The van der Waals surface area contributed by atoms with Crippen molar-refractivity contribution in [2.45, 2.75) is 79.1 Å². The summed E-state index contributed by atoms with van der Waals surface area (Å²) in [6.07, 6.45) is 1.59. The van der Waals surface area contributed by atoms with Crippen LogP contribution in [0.5, 0.6) is 0 Å². The molecule has 0 spiro atoms. The van der Waals surface area contributed by atoms with Crippen LogP contribution in [0.1, 0.15) is 61.0 Å². The highest BCUT2D eigenvalue weighted by Gasteiger charge is 2.33. The summed E-state index contributed by atoms with van der Waals surface area (Å²) in [5, 5.41) is 15.5. The molecule has 184 valence electrons. The number of carboxylic acid groups (broad SMARTS) is 1. The van der Waals surface area contributed by atoms with Gasteiger partial charge in [-0.25, -0.2) is 4.79 Å². The Balaban J connectivity index is 3.01. The molecule has 7 heteroatoms. The topological polar surface area (TPSA) is 98.7 Å².